The highest BCUT2D eigenvalue weighted by molar-refractivity contribution is 6.33. The Morgan fingerprint density at radius 3 is 2.65 bits per heavy atom. The van der Waals surface area contributed by atoms with Crippen LogP contribution in [0.4, 0.5) is 10.5 Å². The molecule has 3 N–H and O–H groups in total. The number of benzene rings is 1. The standard InChI is InChI=1S/C12H16ClN3O/c13-10-3-1-2-4-11(10)15-12(17)16-7-5-9(14)6-8-16/h1-4,9H,5-8,14H2,(H,15,17). The summed E-state index contributed by atoms with van der Waals surface area (Å²) >= 11 is 5.98. The number of amides is 2. The van der Waals surface area contributed by atoms with Crippen LogP contribution in [0.15, 0.2) is 24.3 Å². The Hall–Kier alpha value is -1.26. The van der Waals surface area contributed by atoms with Crippen LogP contribution in [0.1, 0.15) is 12.8 Å². The molecule has 92 valence electrons. The fraction of sp³-hybridized carbons (Fsp3) is 0.417. The zero-order chi connectivity index (χ0) is 12.3. The maximum absolute atomic E-state index is 11.9. The van der Waals surface area contributed by atoms with Crippen molar-refractivity contribution in [2.45, 2.75) is 18.9 Å². The number of carbonyl (C=O) groups excluding carboxylic acids is 1. The SMILES string of the molecule is NC1CCN(C(=O)Nc2ccccc2Cl)CC1. The number of hydrogen-bond donors (Lipinski definition) is 2. The Labute approximate surface area is 106 Å². The first-order valence-corrected chi connectivity index (χ1v) is 6.10. The molecule has 5 heteroatoms. The number of para-hydroxylation sites is 1. The van der Waals surface area contributed by atoms with E-state index in [0.717, 1.165) is 12.8 Å². The lowest BCUT2D eigenvalue weighted by atomic mass is 10.1. The van der Waals surface area contributed by atoms with Crippen molar-refractivity contribution in [2.75, 3.05) is 18.4 Å². The summed E-state index contributed by atoms with van der Waals surface area (Å²) in [6.07, 6.45) is 1.71. The monoisotopic (exact) mass is 253 g/mol. The first-order chi connectivity index (χ1) is 8.16. The van der Waals surface area contributed by atoms with E-state index in [4.69, 9.17) is 17.3 Å². The first kappa shape index (κ1) is 12.2. The number of hydrogen-bond acceptors (Lipinski definition) is 2. The molecular weight excluding hydrogens is 238 g/mol. The molecule has 1 fully saturated rings. The van der Waals surface area contributed by atoms with E-state index < -0.39 is 0 Å². The highest BCUT2D eigenvalue weighted by atomic mass is 35.5. The second-order valence-corrected chi connectivity index (χ2v) is 4.64. The molecule has 1 aliphatic rings. The third kappa shape index (κ3) is 3.11. The fourth-order valence-corrected chi connectivity index (χ4v) is 2.04. The van der Waals surface area contributed by atoms with Gasteiger partial charge in [-0.1, -0.05) is 23.7 Å². The van der Waals surface area contributed by atoms with Crippen LogP contribution in [-0.2, 0) is 0 Å². The van der Waals surface area contributed by atoms with Crippen molar-refractivity contribution in [3.63, 3.8) is 0 Å². The van der Waals surface area contributed by atoms with E-state index in [2.05, 4.69) is 5.32 Å². The quantitative estimate of drug-likeness (QED) is 0.807. The molecule has 0 saturated carbocycles. The van der Waals surface area contributed by atoms with Crippen molar-refractivity contribution in [3.8, 4) is 0 Å². The normalized spacial score (nSPS) is 16.9. The first-order valence-electron chi connectivity index (χ1n) is 5.73. The lowest BCUT2D eigenvalue weighted by molar-refractivity contribution is 0.195. The van der Waals surface area contributed by atoms with Crippen LogP contribution in [0, 0.1) is 0 Å². The molecule has 2 amide bonds. The highest BCUT2D eigenvalue weighted by Gasteiger charge is 2.20. The molecule has 0 atom stereocenters. The molecule has 1 aliphatic heterocycles. The van der Waals surface area contributed by atoms with E-state index in [0.29, 0.717) is 23.8 Å². The lowest BCUT2D eigenvalue weighted by Gasteiger charge is -2.30. The molecule has 17 heavy (non-hydrogen) atoms. The average Bonchev–Trinajstić information content (AvgIpc) is 2.33. The second kappa shape index (κ2) is 5.38. The Morgan fingerprint density at radius 1 is 1.35 bits per heavy atom. The zero-order valence-electron chi connectivity index (χ0n) is 9.53. The molecule has 0 aromatic heterocycles. The molecule has 1 saturated heterocycles. The van der Waals surface area contributed by atoms with E-state index in [-0.39, 0.29) is 12.1 Å². The molecule has 0 aliphatic carbocycles. The Morgan fingerprint density at radius 2 is 2.00 bits per heavy atom. The summed E-state index contributed by atoms with van der Waals surface area (Å²) in [5.41, 5.74) is 6.44. The minimum absolute atomic E-state index is 0.106. The zero-order valence-corrected chi connectivity index (χ0v) is 10.3. The summed E-state index contributed by atoms with van der Waals surface area (Å²) in [5.74, 6) is 0. The van der Waals surface area contributed by atoms with Crippen molar-refractivity contribution in [1.29, 1.82) is 0 Å². The summed E-state index contributed by atoms with van der Waals surface area (Å²) in [7, 11) is 0. The van der Waals surface area contributed by atoms with E-state index in [1.165, 1.54) is 0 Å². The molecule has 0 radical (unpaired) electrons. The van der Waals surface area contributed by atoms with Crippen LogP contribution >= 0.6 is 11.6 Å². The van der Waals surface area contributed by atoms with Gasteiger partial charge in [-0.2, -0.15) is 0 Å². The number of urea groups is 1. The molecule has 0 unspecified atom stereocenters. The summed E-state index contributed by atoms with van der Waals surface area (Å²) in [6, 6.07) is 7.33. The van der Waals surface area contributed by atoms with Gasteiger partial charge in [-0.3, -0.25) is 0 Å². The topological polar surface area (TPSA) is 58.4 Å². The molecule has 1 aromatic carbocycles. The predicted octanol–water partition coefficient (Wildman–Crippen LogP) is 2.29. The van der Waals surface area contributed by atoms with Crippen LogP contribution in [0.3, 0.4) is 0 Å². The number of halogens is 1. The number of likely N-dealkylation sites (tertiary alicyclic amines) is 1. The van der Waals surface area contributed by atoms with Gasteiger partial charge in [0.2, 0.25) is 0 Å². The van der Waals surface area contributed by atoms with Gasteiger partial charge in [-0.05, 0) is 25.0 Å². The van der Waals surface area contributed by atoms with Crippen LogP contribution in [0.2, 0.25) is 5.02 Å². The van der Waals surface area contributed by atoms with E-state index >= 15 is 0 Å². The summed E-state index contributed by atoms with van der Waals surface area (Å²) in [5, 5.41) is 3.36. The number of rotatable bonds is 1. The molecule has 4 nitrogen and oxygen atoms in total. The Balaban J connectivity index is 1.95. The van der Waals surface area contributed by atoms with Gasteiger partial charge in [-0.25, -0.2) is 4.79 Å². The van der Waals surface area contributed by atoms with Crippen molar-refractivity contribution in [3.05, 3.63) is 29.3 Å². The number of nitrogens with zero attached hydrogens (tertiary/aromatic N) is 1. The van der Waals surface area contributed by atoms with Gasteiger partial charge in [-0.15, -0.1) is 0 Å². The molecular formula is C12H16ClN3O. The third-order valence-corrected chi connectivity index (χ3v) is 3.27. The van der Waals surface area contributed by atoms with Crippen molar-refractivity contribution in [2.24, 2.45) is 5.73 Å². The van der Waals surface area contributed by atoms with Gasteiger partial charge >= 0.3 is 6.03 Å². The molecule has 1 aromatic rings. The van der Waals surface area contributed by atoms with Gasteiger partial charge in [0.1, 0.15) is 0 Å². The van der Waals surface area contributed by atoms with E-state index in [1.54, 1.807) is 17.0 Å². The van der Waals surface area contributed by atoms with Gasteiger partial charge in [0.15, 0.2) is 0 Å². The lowest BCUT2D eigenvalue weighted by Crippen LogP contribution is -2.44. The van der Waals surface area contributed by atoms with Gasteiger partial charge in [0.05, 0.1) is 10.7 Å². The maximum Gasteiger partial charge on any atom is 0.321 e. The van der Waals surface area contributed by atoms with Gasteiger partial charge in [0.25, 0.3) is 0 Å². The fourth-order valence-electron chi connectivity index (χ4n) is 1.86. The summed E-state index contributed by atoms with van der Waals surface area (Å²) < 4.78 is 0. The van der Waals surface area contributed by atoms with Crippen molar-refractivity contribution < 1.29 is 4.79 Å². The van der Waals surface area contributed by atoms with Crippen molar-refractivity contribution >= 4 is 23.3 Å². The minimum atomic E-state index is -0.106. The van der Waals surface area contributed by atoms with Gasteiger partial charge < -0.3 is 16.0 Å². The third-order valence-electron chi connectivity index (χ3n) is 2.94. The Bertz CT molecular complexity index is 402. The number of anilines is 1. The van der Waals surface area contributed by atoms with Crippen molar-refractivity contribution in [1.82, 2.24) is 4.90 Å². The molecule has 0 spiro atoms. The average molecular weight is 254 g/mol. The molecule has 1 heterocycles. The Kier molecular flexibility index (Phi) is 3.86. The van der Waals surface area contributed by atoms with Crippen LogP contribution in [0.25, 0.3) is 0 Å². The summed E-state index contributed by atoms with van der Waals surface area (Å²) in [4.78, 5) is 13.7. The van der Waals surface area contributed by atoms with E-state index in [9.17, 15) is 4.79 Å². The predicted molar refractivity (Wildman–Crippen MR) is 69.3 cm³/mol. The number of nitrogens with one attached hydrogen (secondary N) is 1. The smallest absolute Gasteiger partial charge is 0.321 e. The minimum Gasteiger partial charge on any atom is -0.328 e. The number of piperidine rings is 1. The van der Waals surface area contributed by atoms with E-state index in [1.807, 2.05) is 12.1 Å². The van der Waals surface area contributed by atoms with Crippen LogP contribution in [0.5, 0.6) is 0 Å². The van der Waals surface area contributed by atoms with Gasteiger partial charge in [0, 0.05) is 19.1 Å². The van der Waals surface area contributed by atoms with Crippen LogP contribution < -0.4 is 11.1 Å². The molecule has 0 bridgehead atoms. The van der Waals surface area contributed by atoms with Crippen LogP contribution in [-0.4, -0.2) is 30.1 Å². The number of nitrogens with two attached hydrogens (primary N) is 1. The summed E-state index contributed by atoms with van der Waals surface area (Å²) in [6.45, 7) is 1.41. The highest BCUT2D eigenvalue weighted by Crippen LogP contribution is 2.21. The number of carbonyl (C=O) groups is 1. The second-order valence-electron chi connectivity index (χ2n) is 4.23. The maximum atomic E-state index is 11.9. The largest absolute Gasteiger partial charge is 0.328 e. The molecule has 2 rings (SSSR count).